The second-order valence-corrected chi connectivity index (χ2v) is 6.33. The molecule has 0 N–H and O–H groups in total. The fourth-order valence-corrected chi connectivity index (χ4v) is 4.56. The van der Waals surface area contributed by atoms with E-state index in [1.165, 1.54) is 31.4 Å². The van der Waals surface area contributed by atoms with Gasteiger partial charge in [-0.25, -0.2) is 0 Å². The molecule has 3 aliphatic rings. The van der Waals surface area contributed by atoms with Crippen molar-refractivity contribution in [2.45, 2.75) is 51.5 Å². The Balaban J connectivity index is 1.75. The molecule has 1 heterocycles. The minimum atomic E-state index is 0.516. The van der Waals surface area contributed by atoms with E-state index in [1.807, 2.05) is 0 Å². The van der Waals surface area contributed by atoms with Gasteiger partial charge in [-0.15, -0.1) is 0 Å². The van der Waals surface area contributed by atoms with E-state index >= 15 is 0 Å². The highest BCUT2D eigenvalue weighted by molar-refractivity contribution is 5.33. The Morgan fingerprint density at radius 1 is 1.31 bits per heavy atom. The maximum Gasteiger partial charge on any atom is 0.0662 e. The second kappa shape index (κ2) is 2.91. The standard InChI is InChI=1S/C14H20N2/c1-8(2)16-7-12-13(15-16)6-11-9-3-4-10(5-9)14(11)12/h7-11,14H,3-6H2,1-2H3. The van der Waals surface area contributed by atoms with Crippen molar-refractivity contribution in [2.75, 3.05) is 0 Å². The van der Waals surface area contributed by atoms with Crippen molar-refractivity contribution in [3.8, 4) is 0 Å². The molecule has 2 saturated carbocycles. The molecule has 2 bridgehead atoms. The SMILES string of the molecule is CC(C)n1cc2c(n1)CC1C3CCC(C3)C21. The molecule has 0 aliphatic heterocycles. The van der Waals surface area contributed by atoms with Crippen LogP contribution in [0.4, 0.5) is 0 Å². The van der Waals surface area contributed by atoms with E-state index in [0.717, 1.165) is 23.7 Å². The van der Waals surface area contributed by atoms with E-state index in [9.17, 15) is 0 Å². The van der Waals surface area contributed by atoms with Gasteiger partial charge in [0.15, 0.2) is 0 Å². The number of rotatable bonds is 1. The Labute approximate surface area is 97.0 Å². The van der Waals surface area contributed by atoms with E-state index in [2.05, 4.69) is 24.7 Å². The molecular formula is C14H20N2. The molecule has 1 aromatic rings. The summed E-state index contributed by atoms with van der Waals surface area (Å²) in [5.41, 5.74) is 3.05. The molecule has 4 atom stereocenters. The highest BCUT2D eigenvalue weighted by Gasteiger charge is 2.52. The average Bonchev–Trinajstić information content (AvgIpc) is 2.93. The summed E-state index contributed by atoms with van der Waals surface area (Å²) in [5, 5.41) is 4.79. The predicted molar refractivity (Wildman–Crippen MR) is 63.4 cm³/mol. The molecule has 3 aliphatic carbocycles. The highest BCUT2D eigenvalue weighted by atomic mass is 15.3. The van der Waals surface area contributed by atoms with Crippen molar-refractivity contribution in [3.63, 3.8) is 0 Å². The van der Waals surface area contributed by atoms with Crippen molar-refractivity contribution < 1.29 is 0 Å². The zero-order valence-electron chi connectivity index (χ0n) is 10.2. The van der Waals surface area contributed by atoms with Crippen molar-refractivity contribution in [1.29, 1.82) is 0 Å². The minimum Gasteiger partial charge on any atom is -0.270 e. The van der Waals surface area contributed by atoms with Crippen LogP contribution in [0.5, 0.6) is 0 Å². The summed E-state index contributed by atoms with van der Waals surface area (Å²) in [6.45, 7) is 4.45. The van der Waals surface area contributed by atoms with Gasteiger partial charge in [0, 0.05) is 12.2 Å². The molecule has 16 heavy (non-hydrogen) atoms. The van der Waals surface area contributed by atoms with E-state index in [1.54, 1.807) is 5.56 Å². The van der Waals surface area contributed by atoms with Gasteiger partial charge in [-0.3, -0.25) is 4.68 Å². The number of hydrogen-bond donors (Lipinski definition) is 0. The lowest BCUT2D eigenvalue weighted by molar-refractivity contribution is 0.305. The maximum absolute atomic E-state index is 4.79. The third kappa shape index (κ3) is 1.01. The van der Waals surface area contributed by atoms with E-state index < -0.39 is 0 Å². The van der Waals surface area contributed by atoms with Crippen LogP contribution in [0.2, 0.25) is 0 Å². The number of hydrogen-bond acceptors (Lipinski definition) is 1. The fraction of sp³-hybridized carbons (Fsp3) is 0.786. The van der Waals surface area contributed by atoms with Crippen LogP contribution in [0.1, 0.15) is 56.3 Å². The van der Waals surface area contributed by atoms with Crippen molar-refractivity contribution in [1.82, 2.24) is 9.78 Å². The smallest absolute Gasteiger partial charge is 0.0662 e. The topological polar surface area (TPSA) is 17.8 Å². The second-order valence-electron chi connectivity index (χ2n) is 6.33. The number of fused-ring (bicyclic) bond motifs is 7. The molecule has 0 spiro atoms. The molecular weight excluding hydrogens is 196 g/mol. The summed E-state index contributed by atoms with van der Waals surface area (Å²) in [4.78, 5) is 0. The molecule has 4 unspecified atom stereocenters. The molecule has 0 radical (unpaired) electrons. The summed E-state index contributed by atoms with van der Waals surface area (Å²) >= 11 is 0. The average molecular weight is 216 g/mol. The Hall–Kier alpha value is -0.790. The lowest BCUT2D eigenvalue weighted by atomic mass is 9.80. The first-order valence-electron chi connectivity index (χ1n) is 6.82. The number of aromatic nitrogens is 2. The molecule has 2 fully saturated rings. The van der Waals surface area contributed by atoms with Crippen molar-refractivity contribution >= 4 is 0 Å². The molecule has 0 aromatic carbocycles. The van der Waals surface area contributed by atoms with Crippen LogP contribution < -0.4 is 0 Å². The minimum absolute atomic E-state index is 0.516. The van der Waals surface area contributed by atoms with Gasteiger partial charge < -0.3 is 0 Å². The molecule has 4 rings (SSSR count). The quantitative estimate of drug-likeness (QED) is 0.705. The zero-order valence-corrected chi connectivity index (χ0v) is 10.2. The Kier molecular flexibility index (Phi) is 1.68. The summed E-state index contributed by atoms with van der Waals surface area (Å²) in [6.07, 6.45) is 8.13. The largest absolute Gasteiger partial charge is 0.270 e. The molecule has 86 valence electrons. The fourth-order valence-electron chi connectivity index (χ4n) is 4.56. The third-order valence-electron chi connectivity index (χ3n) is 5.25. The zero-order chi connectivity index (χ0) is 10.9. The first kappa shape index (κ1) is 9.26. The first-order valence-corrected chi connectivity index (χ1v) is 6.82. The molecule has 2 heteroatoms. The van der Waals surface area contributed by atoms with Gasteiger partial charge in [-0.2, -0.15) is 5.10 Å². The Morgan fingerprint density at radius 2 is 2.12 bits per heavy atom. The Bertz CT molecular complexity index is 432. The molecule has 1 aromatic heterocycles. The van der Waals surface area contributed by atoms with Gasteiger partial charge in [0.05, 0.1) is 5.69 Å². The lowest BCUT2D eigenvalue weighted by Crippen LogP contribution is -2.17. The van der Waals surface area contributed by atoms with Gasteiger partial charge in [0.25, 0.3) is 0 Å². The highest BCUT2D eigenvalue weighted by Crippen LogP contribution is 2.61. The van der Waals surface area contributed by atoms with Crippen molar-refractivity contribution in [2.24, 2.45) is 17.8 Å². The van der Waals surface area contributed by atoms with Crippen LogP contribution >= 0.6 is 0 Å². The van der Waals surface area contributed by atoms with Crippen molar-refractivity contribution in [3.05, 3.63) is 17.5 Å². The Morgan fingerprint density at radius 3 is 2.94 bits per heavy atom. The summed E-state index contributed by atoms with van der Waals surface area (Å²) in [7, 11) is 0. The van der Waals surface area contributed by atoms with E-state index in [0.29, 0.717) is 6.04 Å². The van der Waals surface area contributed by atoms with Crippen LogP contribution in [0.3, 0.4) is 0 Å². The lowest BCUT2D eigenvalue weighted by Gasteiger charge is -2.24. The van der Waals surface area contributed by atoms with E-state index in [-0.39, 0.29) is 0 Å². The molecule has 0 saturated heterocycles. The summed E-state index contributed by atoms with van der Waals surface area (Å²) < 4.78 is 2.17. The van der Waals surface area contributed by atoms with Crippen LogP contribution in [-0.4, -0.2) is 9.78 Å². The van der Waals surface area contributed by atoms with Gasteiger partial charge >= 0.3 is 0 Å². The van der Waals surface area contributed by atoms with Gasteiger partial charge in [0.1, 0.15) is 0 Å². The summed E-state index contributed by atoms with van der Waals surface area (Å²) in [5.74, 6) is 3.90. The van der Waals surface area contributed by atoms with Gasteiger partial charge in [-0.05, 0) is 68.8 Å². The van der Waals surface area contributed by atoms with Crippen LogP contribution in [0.25, 0.3) is 0 Å². The van der Waals surface area contributed by atoms with Crippen LogP contribution in [0.15, 0.2) is 6.20 Å². The third-order valence-corrected chi connectivity index (χ3v) is 5.25. The van der Waals surface area contributed by atoms with Gasteiger partial charge in [-0.1, -0.05) is 0 Å². The van der Waals surface area contributed by atoms with Crippen LogP contribution in [-0.2, 0) is 6.42 Å². The normalized spacial score (nSPS) is 39.4. The van der Waals surface area contributed by atoms with Crippen LogP contribution in [0, 0.1) is 17.8 Å². The summed E-state index contributed by atoms with van der Waals surface area (Å²) in [6, 6.07) is 0.516. The number of nitrogens with zero attached hydrogens (tertiary/aromatic N) is 2. The molecule has 2 nitrogen and oxygen atoms in total. The van der Waals surface area contributed by atoms with E-state index in [4.69, 9.17) is 5.10 Å². The first-order chi connectivity index (χ1) is 7.74. The van der Waals surface area contributed by atoms with Gasteiger partial charge in [0.2, 0.25) is 0 Å². The molecule has 0 amide bonds. The monoisotopic (exact) mass is 216 g/mol. The predicted octanol–water partition coefficient (Wildman–Crippen LogP) is 3.15. The maximum atomic E-state index is 4.79.